The van der Waals surface area contributed by atoms with Gasteiger partial charge in [0.05, 0.1) is 12.2 Å². The smallest absolute Gasteiger partial charge is 0.191 e. The van der Waals surface area contributed by atoms with Crippen molar-refractivity contribution in [3.05, 3.63) is 48.3 Å². The zero-order valence-corrected chi connectivity index (χ0v) is 17.3. The van der Waals surface area contributed by atoms with Crippen molar-refractivity contribution in [1.82, 2.24) is 25.3 Å². The summed E-state index contributed by atoms with van der Waals surface area (Å²) < 4.78 is 1.86. The Labute approximate surface area is 168 Å². The monoisotopic (exact) mass is 383 g/mol. The van der Waals surface area contributed by atoms with Crippen molar-refractivity contribution in [2.24, 2.45) is 12.0 Å². The average Bonchev–Trinajstić information content (AvgIpc) is 3.15. The van der Waals surface area contributed by atoms with Crippen molar-refractivity contribution < 1.29 is 0 Å². The van der Waals surface area contributed by atoms with E-state index in [2.05, 4.69) is 69.7 Å². The van der Waals surface area contributed by atoms with Gasteiger partial charge in [0, 0.05) is 64.2 Å². The summed E-state index contributed by atoms with van der Waals surface area (Å²) in [5.74, 6) is 0.860. The molecule has 1 saturated heterocycles. The summed E-state index contributed by atoms with van der Waals surface area (Å²) in [5, 5.41) is 11.0. The second-order valence-corrected chi connectivity index (χ2v) is 7.23. The number of aliphatic imine (C=N–C) groups is 1. The summed E-state index contributed by atoms with van der Waals surface area (Å²) in [7, 11) is 1.95. The quantitative estimate of drug-likeness (QED) is 0.563. The molecular formula is C21H33N7. The van der Waals surface area contributed by atoms with E-state index in [1.54, 1.807) is 0 Å². The third-order valence-electron chi connectivity index (χ3n) is 5.29. The molecule has 0 spiro atoms. The summed E-state index contributed by atoms with van der Waals surface area (Å²) in [6.45, 7) is 11.0. The lowest BCUT2D eigenvalue weighted by Crippen LogP contribution is -2.53. The van der Waals surface area contributed by atoms with Gasteiger partial charge in [-0.2, -0.15) is 5.10 Å². The van der Waals surface area contributed by atoms with Crippen LogP contribution in [0.4, 0.5) is 5.69 Å². The van der Waals surface area contributed by atoms with Gasteiger partial charge in [-0.3, -0.25) is 9.58 Å². The van der Waals surface area contributed by atoms with Crippen LogP contribution in [0.3, 0.4) is 0 Å². The minimum absolute atomic E-state index is 0.457. The molecule has 1 aromatic carbocycles. The summed E-state index contributed by atoms with van der Waals surface area (Å²) in [4.78, 5) is 9.71. The lowest BCUT2D eigenvalue weighted by molar-refractivity contribution is 0.197. The van der Waals surface area contributed by atoms with E-state index < -0.39 is 0 Å². The van der Waals surface area contributed by atoms with E-state index in [9.17, 15) is 0 Å². The Morgan fingerprint density at radius 1 is 1.11 bits per heavy atom. The largest absolute Gasteiger partial charge is 0.369 e. The maximum atomic E-state index is 4.69. The highest BCUT2D eigenvalue weighted by molar-refractivity contribution is 5.79. The van der Waals surface area contributed by atoms with Crippen LogP contribution in [0.1, 0.15) is 19.5 Å². The first-order valence-corrected chi connectivity index (χ1v) is 10.2. The van der Waals surface area contributed by atoms with Crippen molar-refractivity contribution in [3.8, 4) is 0 Å². The van der Waals surface area contributed by atoms with Crippen molar-refractivity contribution in [1.29, 1.82) is 0 Å². The third kappa shape index (κ3) is 5.48. The molecule has 7 heteroatoms. The Kier molecular flexibility index (Phi) is 7.31. The molecule has 1 aromatic heterocycles. The number of piperazine rings is 1. The van der Waals surface area contributed by atoms with Crippen LogP contribution in [-0.2, 0) is 13.6 Å². The van der Waals surface area contributed by atoms with Crippen LogP contribution in [-0.4, -0.2) is 66.0 Å². The van der Waals surface area contributed by atoms with Gasteiger partial charge in [0.25, 0.3) is 0 Å². The minimum Gasteiger partial charge on any atom is -0.369 e. The van der Waals surface area contributed by atoms with Gasteiger partial charge in [-0.25, -0.2) is 4.99 Å². The highest BCUT2D eigenvalue weighted by Gasteiger charge is 2.21. The number of aromatic nitrogens is 2. The van der Waals surface area contributed by atoms with Crippen LogP contribution >= 0.6 is 0 Å². The molecule has 1 fully saturated rings. The number of guanidine groups is 1. The molecule has 0 amide bonds. The fourth-order valence-corrected chi connectivity index (χ4v) is 3.49. The fraction of sp³-hybridized carbons (Fsp3) is 0.524. The molecular weight excluding hydrogens is 350 g/mol. The number of hydrogen-bond donors (Lipinski definition) is 2. The summed E-state index contributed by atoms with van der Waals surface area (Å²) >= 11 is 0. The van der Waals surface area contributed by atoms with Crippen molar-refractivity contribution in [2.75, 3.05) is 44.2 Å². The van der Waals surface area contributed by atoms with E-state index in [4.69, 9.17) is 4.99 Å². The molecule has 0 radical (unpaired) electrons. The molecule has 1 atom stereocenters. The van der Waals surface area contributed by atoms with E-state index >= 15 is 0 Å². The Morgan fingerprint density at radius 2 is 1.86 bits per heavy atom. The first kappa shape index (κ1) is 20.2. The molecule has 0 saturated carbocycles. The molecule has 3 rings (SSSR count). The van der Waals surface area contributed by atoms with Crippen molar-refractivity contribution in [3.63, 3.8) is 0 Å². The second kappa shape index (κ2) is 10.1. The predicted molar refractivity (Wildman–Crippen MR) is 116 cm³/mol. The van der Waals surface area contributed by atoms with Crippen LogP contribution in [0.25, 0.3) is 0 Å². The number of hydrogen-bond acceptors (Lipinski definition) is 4. The fourth-order valence-electron chi connectivity index (χ4n) is 3.49. The van der Waals surface area contributed by atoms with Gasteiger partial charge in [0.15, 0.2) is 5.96 Å². The topological polar surface area (TPSA) is 60.7 Å². The SMILES string of the molecule is CCNC(=NCc1ccnn1C)NCC(C)N1CCN(c2ccccc2)CC1. The van der Waals surface area contributed by atoms with E-state index in [1.807, 2.05) is 24.0 Å². The molecule has 1 aliphatic rings. The normalized spacial score (nSPS) is 16.8. The van der Waals surface area contributed by atoms with Gasteiger partial charge in [0.1, 0.15) is 0 Å². The molecule has 2 N–H and O–H groups in total. The number of anilines is 1. The summed E-state index contributed by atoms with van der Waals surface area (Å²) in [6.07, 6.45) is 1.81. The van der Waals surface area contributed by atoms with Crippen LogP contribution in [0.15, 0.2) is 47.6 Å². The highest BCUT2D eigenvalue weighted by atomic mass is 15.3. The summed E-state index contributed by atoms with van der Waals surface area (Å²) in [6, 6.07) is 13.2. The van der Waals surface area contributed by atoms with Crippen LogP contribution in [0.5, 0.6) is 0 Å². The lowest BCUT2D eigenvalue weighted by Gasteiger charge is -2.39. The summed E-state index contributed by atoms with van der Waals surface area (Å²) in [5.41, 5.74) is 2.42. The molecule has 2 aromatic rings. The second-order valence-electron chi connectivity index (χ2n) is 7.23. The van der Waals surface area contributed by atoms with E-state index in [0.717, 1.165) is 50.9 Å². The molecule has 2 heterocycles. The van der Waals surface area contributed by atoms with Crippen molar-refractivity contribution >= 4 is 11.6 Å². The molecule has 28 heavy (non-hydrogen) atoms. The Hall–Kier alpha value is -2.54. The predicted octanol–water partition coefficient (Wildman–Crippen LogP) is 1.69. The van der Waals surface area contributed by atoms with E-state index in [1.165, 1.54) is 5.69 Å². The maximum Gasteiger partial charge on any atom is 0.191 e. The van der Waals surface area contributed by atoms with Crippen LogP contribution < -0.4 is 15.5 Å². The molecule has 152 valence electrons. The van der Waals surface area contributed by atoms with E-state index in [-0.39, 0.29) is 0 Å². The van der Waals surface area contributed by atoms with Gasteiger partial charge >= 0.3 is 0 Å². The van der Waals surface area contributed by atoms with Gasteiger partial charge in [0.2, 0.25) is 0 Å². The van der Waals surface area contributed by atoms with Gasteiger partial charge in [-0.1, -0.05) is 18.2 Å². The maximum absolute atomic E-state index is 4.69. The Bertz CT molecular complexity index is 732. The zero-order valence-electron chi connectivity index (χ0n) is 17.3. The third-order valence-corrected chi connectivity index (χ3v) is 5.29. The van der Waals surface area contributed by atoms with Crippen LogP contribution in [0.2, 0.25) is 0 Å². The van der Waals surface area contributed by atoms with Crippen LogP contribution in [0, 0.1) is 0 Å². The first-order chi connectivity index (χ1) is 13.7. The molecule has 7 nitrogen and oxygen atoms in total. The molecule has 0 bridgehead atoms. The lowest BCUT2D eigenvalue weighted by atomic mass is 10.2. The Balaban J connectivity index is 1.47. The number of para-hydroxylation sites is 1. The molecule has 1 aliphatic heterocycles. The van der Waals surface area contributed by atoms with E-state index in [0.29, 0.717) is 12.6 Å². The van der Waals surface area contributed by atoms with Gasteiger partial charge in [-0.05, 0) is 32.0 Å². The van der Waals surface area contributed by atoms with Gasteiger partial charge < -0.3 is 15.5 Å². The number of benzene rings is 1. The highest BCUT2D eigenvalue weighted by Crippen LogP contribution is 2.16. The number of nitrogens with zero attached hydrogens (tertiary/aromatic N) is 5. The number of nitrogens with one attached hydrogen (secondary N) is 2. The average molecular weight is 384 g/mol. The van der Waals surface area contributed by atoms with Gasteiger partial charge in [-0.15, -0.1) is 0 Å². The minimum atomic E-state index is 0.457. The number of rotatable bonds is 7. The zero-order chi connectivity index (χ0) is 19.8. The Morgan fingerprint density at radius 3 is 2.50 bits per heavy atom. The standard InChI is InChI=1S/C21H33N7/c1-4-22-21(24-17-20-10-11-25-26(20)3)23-16-18(2)27-12-14-28(15-13-27)19-8-6-5-7-9-19/h5-11,18H,4,12-17H2,1-3H3,(H2,22,23,24). The molecule has 0 aliphatic carbocycles. The number of aryl methyl sites for hydroxylation is 1. The van der Waals surface area contributed by atoms with Crippen molar-refractivity contribution in [2.45, 2.75) is 26.4 Å². The first-order valence-electron chi connectivity index (χ1n) is 10.2. The molecule has 1 unspecified atom stereocenters.